The number of anilines is 1. The van der Waals surface area contributed by atoms with Crippen LogP contribution < -0.4 is 5.32 Å². The summed E-state index contributed by atoms with van der Waals surface area (Å²) in [6.07, 6.45) is 0. The SMILES string of the molecule is COC(=O)c1ccccc1NC(=O)COC(=O)c1cc(O)c2ccccc2c1O. The molecule has 0 radical (unpaired) electrons. The van der Waals surface area contributed by atoms with Crippen molar-refractivity contribution in [3.8, 4) is 11.5 Å². The molecule has 0 aliphatic heterocycles. The molecule has 0 bridgehead atoms. The van der Waals surface area contributed by atoms with Gasteiger partial charge in [0.15, 0.2) is 6.61 Å². The molecule has 29 heavy (non-hydrogen) atoms. The third-order valence-corrected chi connectivity index (χ3v) is 4.16. The number of amides is 1. The minimum Gasteiger partial charge on any atom is -0.507 e. The van der Waals surface area contributed by atoms with E-state index in [9.17, 15) is 24.6 Å². The number of carbonyl (C=O) groups excluding carboxylic acids is 3. The molecule has 0 aliphatic carbocycles. The van der Waals surface area contributed by atoms with Crippen LogP contribution >= 0.6 is 0 Å². The average Bonchev–Trinajstić information content (AvgIpc) is 2.74. The summed E-state index contributed by atoms with van der Waals surface area (Å²) in [4.78, 5) is 36.1. The van der Waals surface area contributed by atoms with E-state index in [4.69, 9.17) is 4.74 Å². The van der Waals surface area contributed by atoms with Gasteiger partial charge in [-0.1, -0.05) is 36.4 Å². The van der Waals surface area contributed by atoms with Crippen molar-refractivity contribution in [3.63, 3.8) is 0 Å². The summed E-state index contributed by atoms with van der Waals surface area (Å²) >= 11 is 0. The van der Waals surface area contributed by atoms with Gasteiger partial charge in [-0.15, -0.1) is 0 Å². The molecule has 148 valence electrons. The van der Waals surface area contributed by atoms with Crippen LogP contribution in [0.25, 0.3) is 10.8 Å². The minimum atomic E-state index is -0.986. The van der Waals surface area contributed by atoms with Gasteiger partial charge in [-0.2, -0.15) is 0 Å². The number of aromatic hydroxyl groups is 2. The lowest BCUT2D eigenvalue weighted by atomic mass is 10.0. The van der Waals surface area contributed by atoms with Gasteiger partial charge >= 0.3 is 11.9 Å². The number of hydrogen-bond donors (Lipinski definition) is 3. The third-order valence-electron chi connectivity index (χ3n) is 4.16. The highest BCUT2D eigenvalue weighted by Crippen LogP contribution is 2.35. The van der Waals surface area contributed by atoms with Crippen LogP contribution in [0.1, 0.15) is 20.7 Å². The Hall–Kier alpha value is -4.07. The number of phenols is 2. The first-order chi connectivity index (χ1) is 13.9. The Morgan fingerprint density at radius 1 is 0.897 bits per heavy atom. The Morgan fingerprint density at radius 2 is 1.55 bits per heavy atom. The highest BCUT2D eigenvalue weighted by Gasteiger charge is 2.20. The van der Waals surface area contributed by atoms with Gasteiger partial charge in [0, 0.05) is 10.8 Å². The summed E-state index contributed by atoms with van der Waals surface area (Å²) < 4.78 is 9.58. The number of carbonyl (C=O) groups is 3. The number of para-hydroxylation sites is 1. The molecule has 0 fully saturated rings. The fourth-order valence-electron chi connectivity index (χ4n) is 2.77. The Balaban J connectivity index is 1.72. The van der Waals surface area contributed by atoms with Gasteiger partial charge in [0.1, 0.15) is 17.1 Å². The van der Waals surface area contributed by atoms with Crippen molar-refractivity contribution in [1.29, 1.82) is 0 Å². The lowest BCUT2D eigenvalue weighted by Crippen LogP contribution is -2.22. The molecule has 3 aromatic rings. The van der Waals surface area contributed by atoms with Crippen LogP contribution in [0.4, 0.5) is 5.69 Å². The number of hydrogen-bond acceptors (Lipinski definition) is 7. The van der Waals surface area contributed by atoms with Gasteiger partial charge in [0.2, 0.25) is 0 Å². The Kier molecular flexibility index (Phi) is 5.64. The van der Waals surface area contributed by atoms with Crippen LogP contribution in [-0.4, -0.2) is 41.8 Å². The molecule has 0 unspecified atom stereocenters. The number of benzene rings is 3. The highest BCUT2D eigenvalue weighted by molar-refractivity contribution is 6.05. The first kappa shape index (κ1) is 19.7. The summed E-state index contributed by atoms with van der Waals surface area (Å²) in [6, 6.07) is 13.7. The van der Waals surface area contributed by atoms with E-state index < -0.39 is 24.5 Å². The van der Waals surface area contributed by atoms with Crippen LogP contribution in [0.15, 0.2) is 54.6 Å². The summed E-state index contributed by atoms with van der Waals surface area (Å²) in [7, 11) is 1.22. The summed E-state index contributed by atoms with van der Waals surface area (Å²) in [5.41, 5.74) is 0.0716. The number of esters is 2. The molecule has 0 saturated heterocycles. The van der Waals surface area contributed by atoms with Crippen molar-refractivity contribution in [2.45, 2.75) is 0 Å². The Labute approximate surface area is 165 Å². The number of ether oxygens (including phenoxy) is 2. The smallest absolute Gasteiger partial charge is 0.342 e. The average molecular weight is 395 g/mol. The molecule has 1 amide bonds. The molecule has 0 aromatic heterocycles. The van der Waals surface area contributed by atoms with Crippen LogP contribution in [0.3, 0.4) is 0 Å². The molecule has 0 saturated carbocycles. The third kappa shape index (κ3) is 4.11. The van der Waals surface area contributed by atoms with Crippen LogP contribution in [0, 0.1) is 0 Å². The summed E-state index contributed by atoms with van der Waals surface area (Å²) in [5, 5.41) is 23.5. The monoisotopic (exact) mass is 395 g/mol. The molecular weight excluding hydrogens is 378 g/mol. The maximum absolute atomic E-state index is 12.3. The fraction of sp³-hybridized carbons (Fsp3) is 0.0952. The second kappa shape index (κ2) is 8.30. The van der Waals surface area contributed by atoms with Crippen LogP contribution in [0.2, 0.25) is 0 Å². The van der Waals surface area contributed by atoms with Crippen molar-refractivity contribution in [2.75, 3.05) is 19.0 Å². The zero-order chi connectivity index (χ0) is 21.0. The molecule has 3 aromatic carbocycles. The minimum absolute atomic E-state index is 0.145. The van der Waals surface area contributed by atoms with E-state index in [-0.39, 0.29) is 33.7 Å². The van der Waals surface area contributed by atoms with Gasteiger partial charge in [-0.05, 0) is 18.2 Å². The van der Waals surface area contributed by atoms with E-state index >= 15 is 0 Å². The number of nitrogens with one attached hydrogen (secondary N) is 1. The molecule has 0 aliphatic rings. The van der Waals surface area contributed by atoms with E-state index in [0.717, 1.165) is 6.07 Å². The van der Waals surface area contributed by atoms with Crippen molar-refractivity contribution >= 4 is 34.3 Å². The molecule has 8 nitrogen and oxygen atoms in total. The zero-order valence-electron chi connectivity index (χ0n) is 15.3. The number of phenolic OH excluding ortho intramolecular Hbond substituents is 2. The van der Waals surface area contributed by atoms with Gasteiger partial charge in [-0.3, -0.25) is 4.79 Å². The second-order valence-corrected chi connectivity index (χ2v) is 6.00. The molecule has 3 N–H and O–H groups in total. The Morgan fingerprint density at radius 3 is 2.28 bits per heavy atom. The van der Waals surface area contributed by atoms with E-state index in [1.54, 1.807) is 30.3 Å². The molecule has 0 atom stereocenters. The largest absolute Gasteiger partial charge is 0.507 e. The maximum atomic E-state index is 12.3. The normalized spacial score (nSPS) is 10.4. The van der Waals surface area contributed by atoms with Gasteiger partial charge < -0.3 is 25.0 Å². The van der Waals surface area contributed by atoms with Crippen molar-refractivity contribution in [3.05, 3.63) is 65.7 Å². The molecule has 3 rings (SSSR count). The van der Waals surface area contributed by atoms with Crippen molar-refractivity contribution in [1.82, 2.24) is 0 Å². The highest BCUT2D eigenvalue weighted by atomic mass is 16.5. The summed E-state index contributed by atoms with van der Waals surface area (Å²) in [6.45, 7) is -0.665. The summed E-state index contributed by atoms with van der Waals surface area (Å²) in [5.74, 6) is -2.88. The molecule has 0 spiro atoms. The quantitative estimate of drug-likeness (QED) is 0.448. The number of fused-ring (bicyclic) bond motifs is 1. The predicted octanol–water partition coefficient (Wildman–Crippen LogP) is 2.83. The van der Waals surface area contributed by atoms with Crippen molar-refractivity contribution < 1.29 is 34.1 Å². The number of rotatable bonds is 5. The first-order valence-corrected chi connectivity index (χ1v) is 8.50. The predicted molar refractivity (Wildman–Crippen MR) is 104 cm³/mol. The van der Waals surface area contributed by atoms with Gasteiger partial charge in [-0.25, -0.2) is 9.59 Å². The van der Waals surface area contributed by atoms with Crippen LogP contribution in [0.5, 0.6) is 11.5 Å². The molecule has 0 heterocycles. The van der Waals surface area contributed by atoms with E-state index in [2.05, 4.69) is 10.1 Å². The standard InChI is InChI=1S/C21H17NO7/c1-28-20(26)14-8-4-5-9-16(14)22-18(24)11-29-21(27)15-10-17(23)12-6-2-3-7-13(12)19(15)25/h2-10,23,25H,11H2,1H3,(H,22,24). The molecular formula is C21H17NO7. The lowest BCUT2D eigenvalue weighted by molar-refractivity contribution is -0.119. The van der Waals surface area contributed by atoms with Crippen molar-refractivity contribution in [2.24, 2.45) is 0 Å². The fourth-order valence-corrected chi connectivity index (χ4v) is 2.77. The van der Waals surface area contributed by atoms with Gasteiger partial charge in [0.05, 0.1) is 18.4 Å². The molecule has 8 heteroatoms. The van der Waals surface area contributed by atoms with Gasteiger partial charge in [0.25, 0.3) is 5.91 Å². The number of methoxy groups -OCH3 is 1. The second-order valence-electron chi connectivity index (χ2n) is 6.00. The Bertz CT molecular complexity index is 1110. The van der Waals surface area contributed by atoms with E-state index in [1.165, 1.54) is 25.3 Å². The maximum Gasteiger partial charge on any atom is 0.342 e. The van der Waals surface area contributed by atoms with Crippen LogP contribution in [-0.2, 0) is 14.3 Å². The first-order valence-electron chi connectivity index (χ1n) is 8.50. The van der Waals surface area contributed by atoms with E-state index in [0.29, 0.717) is 5.39 Å². The van der Waals surface area contributed by atoms with E-state index in [1.807, 2.05) is 0 Å². The lowest BCUT2D eigenvalue weighted by Gasteiger charge is -2.11. The topological polar surface area (TPSA) is 122 Å². The zero-order valence-corrected chi connectivity index (χ0v) is 15.3.